The fourth-order valence-corrected chi connectivity index (χ4v) is 5.66. The quantitative estimate of drug-likeness (QED) is 0.240. The van der Waals surface area contributed by atoms with Crippen molar-refractivity contribution in [3.8, 4) is 0 Å². The van der Waals surface area contributed by atoms with E-state index in [2.05, 4.69) is 10.4 Å². The minimum atomic E-state index is -4.47. The van der Waals surface area contributed by atoms with Crippen LogP contribution in [0, 0.1) is 12.7 Å². The first kappa shape index (κ1) is 31.2. The molecule has 2 N–H and O–H groups in total. The van der Waals surface area contributed by atoms with Gasteiger partial charge >= 0.3 is 6.18 Å². The van der Waals surface area contributed by atoms with Crippen LogP contribution in [0.5, 0.6) is 0 Å². The molecule has 0 unspecified atom stereocenters. The Morgan fingerprint density at radius 3 is 2.38 bits per heavy atom. The topological polar surface area (TPSA) is 106 Å². The van der Waals surface area contributed by atoms with Gasteiger partial charge in [0.15, 0.2) is 9.84 Å². The van der Waals surface area contributed by atoms with E-state index in [4.69, 9.17) is 0 Å². The zero-order chi connectivity index (χ0) is 30.8. The number of aliphatic hydroxyl groups excluding tert-OH is 1. The lowest BCUT2D eigenvalue weighted by molar-refractivity contribution is -0.128. The van der Waals surface area contributed by atoms with Crippen molar-refractivity contribution in [3.63, 3.8) is 0 Å². The van der Waals surface area contributed by atoms with Crippen molar-refractivity contribution >= 4 is 26.6 Å². The summed E-state index contributed by atoms with van der Waals surface area (Å²) in [7, 11) is -3.46. The molecule has 0 saturated carbocycles. The van der Waals surface area contributed by atoms with Gasteiger partial charge in [-0.25, -0.2) is 17.2 Å². The molecule has 0 saturated heterocycles. The van der Waals surface area contributed by atoms with Gasteiger partial charge in [0.05, 0.1) is 59.6 Å². The number of aromatic nitrogens is 3. The number of amides is 1. The Bertz CT molecular complexity index is 1700. The molecule has 0 fully saturated rings. The van der Waals surface area contributed by atoms with Crippen molar-refractivity contribution in [2.24, 2.45) is 0 Å². The number of carbonyl (C=O) groups is 1. The van der Waals surface area contributed by atoms with Crippen molar-refractivity contribution in [2.75, 3.05) is 19.0 Å². The summed E-state index contributed by atoms with van der Waals surface area (Å²) in [6.45, 7) is 1.32. The number of hydrogen-bond donors (Lipinski definition) is 2. The van der Waals surface area contributed by atoms with Crippen LogP contribution in [-0.2, 0) is 29.3 Å². The first-order valence-corrected chi connectivity index (χ1v) is 14.6. The molecule has 0 bridgehead atoms. The lowest BCUT2D eigenvalue weighted by Crippen LogP contribution is -2.31. The number of fused-ring (bicyclic) bond motifs is 1. The van der Waals surface area contributed by atoms with E-state index in [-0.39, 0.29) is 40.5 Å². The maximum absolute atomic E-state index is 15.2. The van der Waals surface area contributed by atoms with Crippen molar-refractivity contribution in [1.29, 1.82) is 0 Å². The molecule has 0 aliphatic rings. The second-order valence-corrected chi connectivity index (χ2v) is 12.1. The summed E-state index contributed by atoms with van der Waals surface area (Å²) in [5, 5.41) is 16.9. The average Bonchev–Trinajstić information content (AvgIpc) is 3.43. The Hall–Kier alpha value is -3.78. The van der Waals surface area contributed by atoms with E-state index in [9.17, 15) is 35.9 Å². The zero-order valence-corrected chi connectivity index (χ0v) is 23.6. The number of nitrogens with zero attached hydrogens (tertiary/aromatic N) is 3. The number of aliphatic hydroxyl groups is 1. The Morgan fingerprint density at radius 1 is 1.10 bits per heavy atom. The maximum atomic E-state index is 15.2. The van der Waals surface area contributed by atoms with Crippen LogP contribution >= 0.6 is 0 Å². The van der Waals surface area contributed by atoms with Gasteiger partial charge in [-0.2, -0.15) is 18.3 Å². The Morgan fingerprint density at radius 2 is 1.79 bits per heavy atom. The molecule has 226 valence electrons. The normalized spacial score (nSPS) is 13.0. The fraction of sp³-hybridized carbons (Fsp3) is 0.357. The van der Waals surface area contributed by atoms with E-state index in [0.29, 0.717) is 22.3 Å². The molecule has 1 atom stereocenters. The third kappa shape index (κ3) is 6.81. The number of hydrogen-bond acceptors (Lipinski definition) is 5. The van der Waals surface area contributed by atoms with Gasteiger partial charge in [-0.3, -0.25) is 9.48 Å². The molecule has 2 heterocycles. The predicted molar refractivity (Wildman–Crippen MR) is 145 cm³/mol. The Kier molecular flexibility index (Phi) is 9.06. The number of sulfone groups is 1. The first-order valence-electron chi connectivity index (χ1n) is 13.0. The molecule has 0 aliphatic heterocycles. The second-order valence-electron chi connectivity index (χ2n) is 9.77. The van der Waals surface area contributed by atoms with Crippen LogP contribution in [0.3, 0.4) is 0 Å². The van der Waals surface area contributed by atoms with Crippen LogP contribution in [0.4, 0.5) is 22.0 Å². The monoisotopic (exact) mass is 612 g/mol. The van der Waals surface area contributed by atoms with Crippen LogP contribution < -0.4 is 5.32 Å². The standard InChI is InChI=1S/C28H29F5N4O4S/c1-3-42(40,41)22-6-4-18(5-7-22)25(16-38)34-27(39)23-12-19-11-21(36(9-8-29)26(19)13-24(23)30)15-37-20(10-17(2)35-37)14-28(31,32)33/h4-7,10-13,25,38H,3,8-9,14-16H2,1-2H3,(H,34,39)/t25-/m0/s1. The van der Waals surface area contributed by atoms with Gasteiger partial charge < -0.3 is 15.0 Å². The van der Waals surface area contributed by atoms with Gasteiger partial charge in [-0.1, -0.05) is 19.1 Å². The Balaban J connectivity index is 1.64. The van der Waals surface area contributed by atoms with Crippen LogP contribution in [0.1, 0.15) is 46.0 Å². The number of rotatable bonds is 11. The molecule has 0 spiro atoms. The molecular formula is C28H29F5N4O4S. The lowest BCUT2D eigenvalue weighted by Gasteiger charge is -2.18. The summed E-state index contributed by atoms with van der Waals surface area (Å²) in [4.78, 5) is 13.1. The number of carbonyl (C=O) groups excluding carboxylic acids is 1. The second kappa shape index (κ2) is 12.2. The van der Waals surface area contributed by atoms with E-state index in [1.807, 2.05) is 0 Å². The van der Waals surface area contributed by atoms with Crippen LogP contribution in [0.15, 0.2) is 53.4 Å². The van der Waals surface area contributed by atoms with Gasteiger partial charge in [-0.05, 0) is 48.9 Å². The highest BCUT2D eigenvalue weighted by Gasteiger charge is 2.30. The number of halogens is 5. The highest BCUT2D eigenvalue weighted by atomic mass is 32.2. The first-order chi connectivity index (χ1) is 19.8. The molecule has 14 heteroatoms. The zero-order valence-electron chi connectivity index (χ0n) is 22.8. The Labute approximate surface area is 238 Å². The van der Waals surface area contributed by atoms with Gasteiger partial charge in [0.1, 0.15) is 12.5 Å². The molecule has 1 amide bonds. The highest BCUT2D eigenvalue weighted by molar-refractivity contribution is 7.91. The predicted octanol–water partition coefficient (Wildman–Crippen LogP) is 4.66. The molecule has 0 aliphatic carbocycles. The van der Waals surface area contributed by atoms with Crippen molar-refractivity contribution in [1.82, 2.24) is 19.7 Å². The van der Waals surface area contributed by atoms with E-state index in [0.717, 1.165) is 6.07 Å². The average molecular weight is 613 g/mol. The van der Waals surface area contributed by atoms with Gasteiger partial charge in [-0.15, -0.1) is 0 Å². The molecule has 0 radical (unpaired) electrons. The minimum absolute atomic E-state index is 0.0812. The molecule has 8 nitrogen and oxygen atoms in total. The van der Waals surface area contributed by atoms with E-state index >= 15 is 4.39 Å². The SMILES string of the molecule is CCS(=O)(=O)c1ccc([C@H](CO)NC(=O)c2cc3cc(Cn4nc(C)cc4CC(F)(F)F)n(CCF)c3cc2F)cc1. The molecular weight excluding hydrogens is 583 g/mol. The minimum Gasteiger partial charge on any atom is -0.394 e. The van der Waals surface area contributed by atoms with Crippen LogP contribution in [0.2, 0.25) is 0 Å². The summed E-state index contributed by atoms with van der Waals surface area (Å²) < 4.78 is 94.7. The number of benzene rings is 2. The highest BCUT2D eigenvalue weighted by Crippen LogP contribution is 2.27. The molecule has 4 rings (SSSR count). The summed E-state index contributed by atoms with van der Waals surface area (Å²) in [5.74, 6) is -1.90. The van der Waals surface area contributed by atoms with Gasteiger partial charge in [0.2, 0.25) is 0 Å². The van der Waals surface area contributed by atoms with Crippen molar-refractivity contribution in [3.05, 3.63) is 82.6 Å². The third-order valence-electron chi connectivity index (χ3n) is 6.82. The summed E-state index contributed by atoms with van der Waals surface area (Å²) in [6.07, 6.45) is -5.68. The van der Waals surface area contributed by atoms with E-state index in [1.165, 1.54) is 58.6 Å². The third-order valence-corrected chi connectivity index (χ3v) is 8.57. The summed E-state index contributed by atoms with van der Waals surface area (Å²) in [5.41, 5.74) is 0.905. The summed E-state index contributed by atoms with van der Waals surface area (Å²) >= 11 is 0. The van der Waals surface area contributed by atoms with Gasteiger partial charge in [0, 0.05) is 16.8 Å². The van der Waals surface area contributed by atoms with Crippen LogP contribution in [0.25, 0.3) is 10.9 Å². The lowest BCUT2D eigenvalue weighted by atomic mass is 10.1. The van der Waals surface area contributed by atoms with Crippen molar-refractivity contribution in [2.45, 2.75) is 50.5 Å². The molecule has 2 aromatic carbocycles. The molecule has 42 heavy (non-hydrogen) atoms. The molecule has 4 aromatic rings. The fourth-order valence-electron chi connectivity index (χ4n) is 4.78. The largest absolute Gasteiger partial charge is 0.394 e. The van der Waals surface area contributed by atoms with Crippen LogP contribution in [-0.4, -0.2) is 59.0 Å². The number of aryl methyl sites for hydroxylation is 2. The van der Waals surface area contributed by atoms with E-state index < -0.39 is 53.5 Å². The summed E-state index contributed by atoms with van der Waals surface area (Å²) in [6, 6.07) is 9.75. The number of nitrogens with one attached hydrogen (secondary N) is 1. The number of alkyl halides is 4. The van der Waals surface area contributed by atoms with E-state index in [1.54, 1.807) is 6.92 Å². The van der Waals surface area contributed by atoms with Gasteiger partial charge in [0.25, 0.3) is 5.91 Å². The van der Waals surface area contributed by atoms with Crippen molar-refractivity contribution < 1.29 is 40.3 Å². The smallest absolute Gasteiger partial charge is 0.394 e. The molecule has 2 aromatic heterocycles. The maximum Gasteiger partial charge on any atom is 0.394 e.